The fourth-order valence-electron chi connectivity index (χ4n) is 3.28. The van der Waals surface area contributed by atoms with Gasteiger partial charge in [0, 0.05) is 31.9 Å². The molecule has 1 aliphatic heterocycles. The fourth-order valence-corrected chi connectivity index (χ4v) is 3.81. The van der Waals surface area contributed by atoms with Gasteiger partial charge in [0.05, 0.1) is 22.2 Å². The standard InChI is InChI=1S/C17H19Cl2N3O3/c18-12-6-14(19)17-20-13(10-22(17)9-12)7-15(23)21-5-1-2-11(8-21)3-4-16(24)25/h6,9-11H,1-5,7-8H2,(H,24,25). The van der Waals surface area contributed by atoms with E-state index in [-0.39, 0.29) is 24.7 Å². The van der Waals surface area contributed by atoms with E-state index in [2.05, 4.69) is 4.98 Å². The third kappa shape index (κ3) is 4.44. The minimum Gasteiger partial charge on any atom is -0.481 e. The molecule has 0 aliphatic carbocycles. The number of aromatic nitrogens is 2. The molecule has 1 saturated heterocycles. The molecule has 3 heterocycles. The Morgan fingerprint density at radius 3 is 2.88 bits per heavy atom. The molecule has 25 heavy (non-hydrogen) atoms. The van der Waals surface area contributed by atoms with Crippen molar-refractivity contribution in [3.8, 4) is 0 Å². The number of pyridine rings is 1. The Labute approximate surface area is 155 Å². The van der Waals surface area contributed by atoms with Gasteiger partial charge in [-0.25, -0.2) is 4.98 Å². The smallest absolute Gasteiger partial charge is 0.303 e. The normalized spacial score (nSPS) is 17.8. The number of fused-ring (bicyclic) bond motifs is 1. The Hall–Kier alpha value is -1.79. The molecule has 1 N–H and O–H groups in total. The second-order valence-corrected chi connectivity index (χ2v) is 7.27. The summed E-state index contributed by atoms with van der Waals surface area (Å²) < 4.78 is 1.72. The van der Waals surface area contributed by atoms with Crippen molar-refractivity contribution in [1.82, 2.24) is 14.3 Å². The predicted octanol–water partition coefficient (Wildman–Crippen LogP) is 3.29. The van der Waals surface area contributed by atoms with E-state index in [0.29, 0.717) is 40.9 Å². The van der Waals surface area contributed by atoms with Crippen molar-refractivity contribution in [1.29, 1.82) is 0 Å². The number of carboxylic acid groups (broad SMARTS) is 1. The Morgan fingerprint density at radius 1 is 1.32 bits per heavy atom. The maximum Gasteiger partial charge on any atom is 0.303 e. The van der Waals surface area contributed by atoms with Gasteiger partial charge in [-0.1, -0.05) is 23.2 Å². The molecule has 0 bridgehead atoms. The number of nitrogens with zero attached hydrogens (tertiary/aromatic N) is 3. The average Bonchev–Trinajstić information content (AvgIpc) is 2.96. The highest BCUT2D eigenvalue weighted by Crippen LogP contribution is 2.24. The van der Waals surface area contributed by atoms with Crippen LogP contribution in [-0.4, -0.2) is 44.4 Å². The third-order valence-corrected chi connectivity index (χ3v) is 4.98. The molecule has 2 aromatic rings. The van der Waals surface area contributed by atoms with E-state index in [4.69, 9.17) is 28.3 Å². The quantitative estimate of drug-likeness (QED) is 0.859. The van der Waals surface area contributed by atoms with Crippen LogP contribution in [0.3, 0.4) is 0 Å². The van der Waals surface area contributed by atoms with Gasteiger partial charge < -0.3 is 14.4 Å². The number of carbonyl (C=O) groups excluding carboxylic acids is 1. The molecule has 1 aliphatic rings. The molecule has 0 spiro atoms. The van der Waals surface area contributed by atoms with E-state index in [1.807, 2.05) is 4.90 Å². The Bertz CT molecular complexity index is 806. The second kappa shape index (κ2) is 7.62. The second-order valence-electron chi connectivity index (χ2n) is 6.43. The molecule has 8 heteroatoms. The molecule has 1 unspecified atom stereocenters. The van der Waals surface area contributed by atoms with E-state index < -0.39 is 5.97 Å². The monoisotopic (exact) mass is 383 g/mol. The zero-order valence-electron chi connectivity index (χ0n) is 13.6. The summed E-state index contributed by atoms with van der Waals surface area (Å²) >= 11 is 12.1. The number of hydrogen-bond donors (Lipinski definition) is 1. The van der Waals surface area contributed by atoms with Crippen LogP contribution in [0.4, 0.5) is 0 Å². The number of likely N-dealkylation sites (tertiary alicyclic amines) is 1. The SMILES string of the molecule is O=C(O)CCC1CCCN(C(=O)Cc2cn3cc(Cl)cc(Cl)c3n2)C1. The van der Waals surface area contributed by atoms with Crippen LogP contribution in [0.2, 0.25) is 10.0 Å². The van der Waals surface area contributed by atoms with Crippen LogP contribution in [0, 0.1) is 5.92 Å². The third-order valence-electron chi connectivity index (χ3n) is 4.49. The zero-order valence-corrected chi connectivity index (χ0v) is 15.1. The molecule has 1 atom stereocenters. The number of imidazole rings is 1. The topological polar surface area (TPSA) is 74.9 Å². The van der Waals surface area contributed by atoms with Gasteiger partial charge in [0.25, 0.3) is 0 Å². The summed E-state index contributed by atoms with van der Waals surface area (Å²) in [6, 6.07) is 1.62. The first kappa shape index (κ1) is 18.0. The van der Waals surface area contributed by atoms with Gasteiger partial charge in [-0.3, -0.25) is 9.59 Å². The van der Waals surface area contributed by atoms with Gasteiger partial charge in [0.15, 0.2) is 5.65 Å². The highest BCUT2D eigenvalue weighted by atomic mass is 35.5. The highest BCUT2D eigenvalue weighted by Gasteiger charge is 2.24. The molecule has 0 radical (unpaired) electrons. The van der Waals surface area contributed by atoms with Crippen molar-refractivity contribution in [3.05, 3.63) is 34.2 Å². The number of halogens is 2. The van der Waals surface area contributed by atoms with Crippen molar-refractivity contribution in [2.75, 3.05) is 13.1 Å². The Kier molecular flexibility index (Phi) is 5.49. The Morgan fingerprint density at radius 2 is 2.12 bits per heavy atom. The van der Waals surface area contributed by atoms with E-state index in [0.717, 1.165) is 12.8 Å². The lowest BCUT2D eigenvalue weighted by Gasteiger charge is -2.32. The molecule has 3 rings (SSSR count). The first-order chi connectivity index (χ1) is 11.9. The van der Waals surface area contributed by atoms with Crippen molar-refractivity contribution in [3.63, 3.8) is 0 Å². The number of carboxylic acids is 1. The molecule has 0 saturated carbocycles. The number of amides is 1. The lowest BCUT2D eigenvalue weighted by molar-refractivity contribution is -0.137. The zero-order chi connectivity index (χ0) is 18.0. The van der Waals surface area contributed by atoms with E-state index in [1.165, 1.54) is 0 Å². The van der Waals surface area contributed by atoms with Gasteiger partial charge in [-0.05, 0) is 31.2 Å². The summed E-state index contributed by atoms with van der Waals surface area (Å²) in [7, 11) is 0. The van der Waals surface area contributed by atoms with Crippen LogP contribution in [0.5, 0.6) is 0 Å². The Balaban J connectivity index is 1.65. The number of carbonyl (C=O) groups is 2. The van der Waals surface area contributed by atoms with E-state index in [9.17, 15) is 9.59 Å². The van der Waals surface area contributed by atoms with Crippen LogP contribution in [0.1, 0.15) is 31.4 Å². The lowest BCUT2D eigenvalue weighted by atomic mass is 9.93. The van der Waals surface area contributed by atoms with Crippen molar-refractivity contribution >= 4 is 40.7 Å². The van der Waals surface area contributed by atoms with Crippen LogP contribution >= 0.6 is 23.2 Å². The molecular formula is C17H19Cl2N3O3. The highest BCUT2D eigenvalue weighted by molar-refractivity contribution is 6.36. The fraction of sp³-hybridized carbons (Fsp3) is 0.471. The van der Waals surface area contributed by atoms with Gasteiger partial charge in [-0.2, -0.15) is 0 Å². The summed E-state index contributed by atoms with van der Waals surface area (Å²) in [5.74, 6) is -0.530. The summed E-state index contributed by atoms with van der Waals surface area (Å²) in [5, 5.41) is 9.76. The van der Waals surface area contributed by atoms with Crippen molar-refractivity contribution in [2.24, 2.45) is 5.92 Å². The van der Waals surface area contributed by atoms with E-state index >= 15 is 0 Å². The number of piperidine rings is 1. The summed E-state index contributed by atoms with van der Waals surface area (Å²) in [4.78, 5) is 29.5. The van der Waals surface area contributed by atoms with Crippen molar-refractivity contribution < 1.29 is 14.7 Å². The number of aliphatic carboxylic acids is 1. The largest absolute Gasteiger partial charge is 0.481 e. The van der Waals surface area contributed by atoms with Gasteiger partial charge in [0.2, 0.25) is 5.91 Å². The summed E-state index contributed by atoms with van der Waals surface area (Å²) in [6.07, 6.45) is 6.30. The number of rotatable bonds is 5. The van der Waals surface area contributed by atoms with Crippen LogP contribution in [0.15, 0.2) is 18.5 Å². The van der Waals surface area contributed by atoms with Gasteiger partial charge >= 0.3 is 5.97 Å². The van der Waals surface area contributed by atoms with Gasteiger partial charge in [-0.15, -0.1) is 0 Å². The molecule has 1 amide bonds. The molecular weight excluding hydrogens is 365 g/mol. The number of hydrogen-bond acceptors (Lipinski definition) is 3. The molecule has 1 fully saturated rings. The first-order valence-corrected chi connectivity index (χ1v) is 9.00. The maximum absolute atomic E-state index is 12.6. The molecule has 6 nitrogen and oxygen atoms in total. The molecule has 0 aromatic carbocycles. The minimum absolute atomic E-state index is 0.00523. The van der Waals surface area contributed by atoms with Crippen LogP contribution < -0.4 is 0 Å². The predicted molar refractivity (Wildman–Crippen MR) is 95.1 cm³/mol. The van der Waals surface area contributed by atoms with Crippen LogP contribution in [0.25, 0.3) is 5.65 Å². The van der Waals surface area contributed by atoms with Crippen molar-refractivity contribution in [2.45, 2.75) is 32.1 Å². The van der Waals surface area contributed by atoms with Crippen LogP contribution in [-0.2, 0) is 16.0 Å². The minimum atomic E-state index is -0.788. The summed E-state index contributed by atoms with van der Waals surface area (Å²) in [6.45, 7) is 1.33. The van der Waals surface area contributed by atoms with Gasteiger partial charge in [0.1, 0.15) is 0 Å². The summed E-state index contributed by atoms with van der Waals surface area (Å²) in [5.41, 5.74) is 1.22. The molecule has 2 aromatic heterocycles. The van der Waals surface area contributed by atoms with E-state index in [1.54, 1.807) is 22.9 Å². The first-order valence-electron chi connectivity index (χ1n) is 8.24. The average molecular weight is 384 g/mol. The lowest BCUT2D eigenvalue weighted by Crippen LogP contribution is -2.40. The molecule has 134 valence electrons. The maximum atomic E-state index is 12.6.